The molecule has 112 valence electrons. The summed E-state index contributed by atoms with van der Waals surface area (Å²) in [5.74, 6) is 0. The minimum atomic E-state index is 0.467. The lowest BCUT2D eigenvalue weighted by Gasteiger charge is -2.37. The van der Waals surface area contributed by atoms with Gasteiger partial charge in [-0.25, -0.2) is 0 Å². The minimum Gasteiger partial charge on any atom is -0.314 e. The summed E-state index contributed by atoms with van der Waals surface area (Å²) in [7, 11) is 0. The Labute approximate surface area is 127 Å². The Balaban J connectivity index is 2.15. The van der Waals surface area contributed by atoms with Crippen molar-refractivity contribution in [2.75, 3.05) is 45.8 Å². The molecule has 0 aromatic heterocycles. The zero-order valence-electron chi connectivity index (χ0n) is 12.6. The van der Waals surface area contributed by atoms with Crippen LogP contribution in [0.5, 0.6) is 0 Å². The molecule has 0 bridgehead atoms. The van der Waals surface area contributed by atoms with Gasteiger partial charge >= 0.3 is 0 Å². The number of nitrogens with one attached hydrogen (secondary N) is 1. The van der Waals surface area contributed by atoms with Crippen LogP contribution in [-0.4, -0.2) is 55.6 Å². The smallest absolute Gasteiger partial charge is 0.0476 e. The van der Waals surface area contributed by atoms with E-state index in [1.807, 2.05) is 12.1 Å². The maximum absolute atomic E-state index is 6.03. The van der Waals surface area contributed by atoms with Gasteiger partial charge in [-0.15, -0.1) is 0 Å². The van der Waals surface area contributed by atoms with Crippen LogP contribution in [0.25, 0.3) is 0 Å². The number of piperazine rings is 1. The van der Waals surface area contributed by atoms with Crippen molar-refractivity contribution in [3.8, 4) is 0 Å². The van der Waals surface area contributed by atoms with Gasteiger partial charge in [-0.2, -0.15) is 0 Å². The van der Waals surface area contributed by atoms with E-state index in [-0.39, 0.29) is 0 Å². The highest BCUT2D eigenvalue weighted by Gasteiger charge is 2.23. The van der Waals surface area contributed by atoms with Crippen LogP contribution in [0.2, 0.25) is 5.02 Å². The van der Waals surface area contributed by atoms with Gasteiger partial charge in [0.05, 0.1) is 0 Å². The van der Waals surface area contributed by atoms with Crippen LogP contribution in [0.4, 0.5) is 0 Å². The summed E-state index contributed by atoms with van der Waals surface area (Å²) in [6, 6.07) is 8.84. The topological polar surface area (TPSA) is 18.5 Å². The van der Waals surface area contributed by atoms with Gasteiger partial charge in [0.25, 0.3) is 0 Å². The van der Waals surface area contributed by atoms with E-state index >= 15 is 0 Å². The molecule has 0 aliphatic carbocycles. The number of benzene rings is 1. The monoisotopic (exact) mass is 295 g/mol. The van der Waals surface area contributed by atoms with Gasteiger partial charge in [-0.05, 0) is 30.8 Å². The lowest BCUT2D eigenvalue weighted by Crippen LogP contribution is -2.48. The van der Waals surface area contributed by atoms with Crippen molar-refractivity contribution in [1.82, 2.24) is 15.1 Å². The van der Waals surface area contributed by atoms with Gasteiger partial charge < -0.3 is 10.2 Å². The summed E-state index contributed by atoms with van der Waals surface area (Å²) >= 11 is 6.03. The number of nitrogens with zero attached hydrogens (tertiary/aromatic N) is 2. The minimum absolute atomic E-state index is 0.467. The number of halogens is 1. The first-order chi connectivity index (χ1) is 9.74. The summed E-state index contributed by atoms with van der Waals surface area (Å²) in [6.45, 7) is 12.2. The molecule has 1 N–H and O–H groups in total. The van der Waals surface area contributed by atoms with E-state index in [2.05, 4.69) is 41.1 Å². The Morgan fingerprint density at radius 1 is 1.15 bits per heavy atom. The Morgan fingerprint density at radius 2 is 1.75 bits per heavy atom. The summed E-state index contributed by atoms with van der Waals surface area (Å²) < 4.78 is 0. The second-order valence-electron chi connectivity index (χ2n) is 5.34. The fourth-order valence-electron chi connectivity index (χ4n) is 2.84. The Morgan fingerprint density at radius 3 is 2.30 bits per heavy atom. The Bertz CT molecular complexity index is 383. The van der Waals surface area contributed by atoms with Crippen molar-refractivity contribution in [3.63, 3.8) is 0 Å². The molecule has 4 heteroatoms. The summed E-state index contributed by atoms with van der Waals surface area (Å²) in [5, 5.41) is 4.25. The summed E-state index contributed by atoms with van der Waals surface area (Å²) in [5.41, 5.74) is 1.38. The van der Waals surface area contributed by atoms with Crippen LogP contribution in [0.1, 0.15) is 25.5 Å². The average Bonchev–Trinajstić information content (AvgIpc) is 2.51. The van der Waals surface area contributed by atoms with Crippen molar-refractivity contribution >= 4 is 11.6 Å². The van der Waals surface area contributed by atoms with E-state index in [4.69, 9.17) is 11.6 Å². The molecular formula is C16H26ClN3. The summed E-state index contributed by atoms with van der Waals surface area (Å²) in [4.78, 5) is 5.10. The molecule has 1 aliphatic heterocycles. The highest BCUT2D eigenvalue weighted by molar-refractivity contribution is 6.30. The predicted molar refractivity (Wildman–Crippen MR) is 86.4 cm³/mol. The van der Waals surface area contributed by atoms with Crippen LogP contribution in [0.15, 0.2) is 24.3 Å². The molecule has 0 amide bonds. The van der Waals surface area contributed by atoms with E-state index in [1.54, 1.807) is 0 Å². The fourth-order valence-corrected chi connectivity index (χ4v) is 2.96. The maximum atomic E-state index is 6.03. The van der Waals surface area contributed by atoms with Crippen LogP contribution in [0.3, 0.4) is 0 Å². The van der Waals surface area contributed by atoms with Crippen molar-refractivity contribution in [2.24, 2.45) is 0 Å². The molecular weight excluding hydrogens is 270 g/mol. The van der Waals surface area contributed by atoms with Crippen LogP contribution in [-0.2, 0) is 0 Å². The van der Waals surface area contributed by atoms with Crippen LogP contribution >= 0.6 is 11.6 Å². The molecule has 1 heterocycles. The maximum Gasteiger partial charge on any atom is 0.0476 e. The molecule has 1 aromatic carbocycles. The van der Waals surface area contributed by atoms with Gasteiger partial charge in [-0.3, -0.25) is 4.90 Å². The standard InChI is InChI=1S/C16H26ClN3/c1-3-19(4-2)13-16(20-11-9-18-10-12-20)14-5-7-15(17)8-6-14/h5-8,16,18H,3-4,9-13H2,1-2H3. The normalized spacial score (nSPS) is 18.4. The molecule has 2 rings (SSSR count). The molecule has 0 saturated carbocycles. The Hall–Kier alpha value is -0.610. The van der Waals surface area contributed by atoms with Crippen LogP contribution < -0.4 is 5.32 Å². The quantitative estimate of drug-likeness (QED) is 0.870. The number of hydrogen-bond acceptors (Lipinski definition) is 3. The lowest BCUT2D eigenvalue weighted by atomic mass is 10.0. The number of rotatable bonds is 6. The van der Waals surface area contributed by atoms with Crippen molar-refractivity contribution in [3.05, 3.63) is 34.9 Å². The molecule has 0 spiro atoms. The predicted octanol–water partition coefficient (Wildman–Crippen LogP) is 2.63. The first kappa shape index (κ1) is 15.8. The molecule has 1 atom stereocenters. The van der Waals surface area contributed by atoms with E-state index in [0.717, 1.165) is 50.8 Å². The van der Waals surface area contributed by atoms with Gasteiger partial charge in [0.2, 0.25) is 0 Å². The van der Waals surface area contributed by atoms with Crippen molar-refractivity contribution in [2.45, 2.75) is 19.9 Å². The fraction of sp³-hybridized carbons (Fsp3) is 0.625. The zero-order chi connectivity index (χ0) is 14.4. The third-order valence-corrected chi connectivity index (χ3v) is 4.42. The molecule has 0 radical (unpaired) electrons. The highest BCUT2D eigenvalue weighted by atomic mass is 35.5. The largest absolute Gasteiger partial charge is 0.314 e. The van der Waals surface area contributed by atoms with Gasteiger partial charge in [0.1, 0.15) is 0 Å². The molecule has 20 heavy (non-hydrogen) atoms. The number of hydrogen-bond donors (Lipinski definition) is 1. The molecule has 1 saturated heterocycles. The van der Waals surface area contributed by atoms with E-state index < -0.39 is 0 Å². The first-order valence-corrected chi connectivity index (χ1v) is 8.05. The molecule has 3 nitrogen and oxygen atoms in total. The number of likely N-dealkylation sites (N-methyl/N-ethyl adjacent to an activating group) is 1. The van der Waals surface area contributed by atoms with Crippen molar-refractivity contribution < 1.29 is 0 Å². The van der Waals surface area contributed by atoms with Gasteiger partial charge in [0, 0.05) is 43.8 Å². The van der Waals surface area contributed by atoms with Gasteiger partial charge in [-0.1, -0.05) is 37.6 Å². The average molecular weight is 296 g/mol. The molecule has 1 aromatic rings. The van der Waals surface area contributed by atoms with E-state index in [0.29, 0.717) is 6.04 Å². The zero-order valence-corrected chi connectivity index (χ0v) is 13.4. The van der Waals surface area contributed by atoms with Crippen LogP contribution in [0, 0.1) is 0 Å². The third-order valence-electron chi connectivity index (χ3n) is 4.17. The van der Waals surface area contributed by atoms with E-state index in [1.165, 1.54) is 5.56 Å². The van der Waals surface area contributed by atoms with Crippen molar-refractivity contribution in [1.29, 1.82) is 0 Å². The lowest BCUT2D eigenvalue weighted by molar-refractivity contribution is 0.129. The van der Waals surface area contributed by atoms with E-state index in [9.17, 15) is 0 Å². The third kappa shape index (κ3) is 4.19. The second-order valence-corrected chi connectivity index (χ2v) is 5.78. The van der Waals surface area contributed by atoms with Gasteiger partial charge in [0.15, 0.2) is 0 Å². The Kier molecular flexibility index (Phi) is 6.30. The molecule has 1 unspecified atom stereocenters. The molecule has 1 aliphatic rings. The molecule has 1 fully saturated rings. The first-order valence-electron chi connectivity index (χ1n) is 7.67. The highest BCUT2D eigenvalue weighted by Crippen LogP contribution is 2.24. The summed E-state index contributed by atoms with van der Waals surface area (Å²) in [6.07, 6.45) is 0. The second kappa shape index (κ2) is 7.99. The SMILES string of the molecule is CCN(CC)CC(c1ccc(Cl)cc1)N1CCNCC1.